The number of nitrogens with one attached hydrogen (secondary N) is 1. The molecule has 0 unspecified atom stereocenters. The van der Waals surface area contributed by atoms with Crippen LogP contribution in [0.3, 0.4) is 0 Å². The normalized spacial score (nSPS) is 19.9. The third-order valence-electron chi connectivity index (χ3n) is 5.99. The summed E-state index contributed by atoms with van der Waals surface area (Å²) in [7, 11) is 1.90. The Morgan fingerprint density at radius 1 is 1.07 bits per heavy atom. The van der Waals surface area contributed by atoms with Gasteiger partial charge in [-0.05, 0) is 56.9 Å². The Bertz CT molecular complexity index is 567. The van der Waals surface area contributed by atoms with Gasteiger partial charge in [0.05, 0.1) is 0 Å². The Labute approximate surface area is 187 Å². The lowest BCUT2D eigenvalue weighted by Crippen LogP contribution is -2.48. The van der Waals surface area contributed by atoms with E-state index in [9.17, 15) is 0 Å². The zero-order valence-corrected chi connectivity index (χ0v) is 19.8. The number of guanidine groups is 1. The van der Waals surface area contributed by atoms with Crippen molar-refractivity contribution in [2.24, 2.45) is 10.9 Å². The number of hydrogen-bond donors (Lipinski definition) is 1. The van der Waals surface area contributed by atoms with E-state index in [0.717, 1.165) is 50.1 Å². The maximum atomic E-state index is 6.10. The van der Waals surface area contributed by atoms with Crippen LogP contribution in [0.25, 0.3) is 0 Å². The maximum Gasteiger partial charge on any atom is 0.193 e. The van der Waals surface area contributed by atoms with E-state index < -0.39 is 0 Å². The molecule has 2 heterocycles. The molecular weight excluding hydrogens is 463 g/mol. The zero-order valence-electron chi connectivity index (χ0n) is 17.5. The van der Waals surface area contributed by atoms with E-state index in [1.54, 1.807) is 0 Å². The van der Waals surface area contributed by atoms with E-state index in [1.807, 2.05) is 37.4 Å². The van der Waals surface area contributed by atoms with E-state index >= 15 is 0 Å². The van der Waals surface area contributed by atoms with E-state index in [1.165, 1.54) is 38.9 Å². The molecule has 2 aliphatic rings. The van der Waals surface area contributed by atoms with E-state index in [2.05, 4.69) is 27.0 Å². The van der Waals surface area contributed by atoms with Crippen LogP contribution in [-0.2, 0) is 0 Å². The van der Waals surface area contributed by atoms with Crippen LogP contribution in [0.1, 0.15) is 39.0 Å². The fraction of sp³-hybridized carbons (Fsp3) is 0.682. The largest absolute Gasteiger partial charge is 0.490 e. The van der Waals surface area contributed by atoms with Crippen molar-refractivity contribution in [1.82, 2.24) is 15.1 Å². The number of aliphatic imine (C=N–C) groups is 1. The molecule has 3 rings (SSSR count). The number of hydrogen-bond acceptors (Lipinski definition) is 3. The highest BCUT2D eigenvalue weighted by atomic mass is 127. The maximum absolute atomic E-state index is 6.10. The molecule has 0 saturated carbocycles. The fourth-order valence-electron chi connectivity index (χ4n) is 4.19. The van der Waals surface area contributed by atoms with Gasteiger partial charge in [0.2, 0.25) is 0 Å². The Kier molecular flexibility index (Phi) is 10.4. The number of nitrogens with zero attached hydrogens (tertiary/aromatic N) is 3. The number of rotatable bonds is 6. The number of piperidine rings is 2. The number of halogens is 1. The summed E-state index contributed by atoms with van der Waals surface area (Å²) in [6.45, 7) is 9.04. The standard InChI is InChI=1S/C22H36N4O.HI/c1-3-25-15-10-19(11-16-25)9-14-24-22(23-2)26-17-12-21(13-18-26)27-20-7-5-4-6-8-20;/h4-8,19,21H,3,9-18H2,1-2H3,(H,23,24);1H. The Balaban J connectivity index is 0.00000280. The molecule has 0 atom stereocenters. The van der Waals surface area contributed by atoms with Gasteiger partial charge >= 0.3 is 0 Å². The molecule has 0 radical (unpaired) electrons. The summed E-state index contributed by atoms with van der Waals surface area (Å²) in [5.74, 6) is 2.90. The molecule has 1 N–H and O–H groups in total. The summed E-state index contributed by atoms with van der Waals surface area (Å²) in [6.07, 6.45) is 6.35. The Morgan fingerprint density at radius 2 is 1.75 bits per heavy atom. The van der Waals surface area contributed by atoms with Crippen LogP contribution in [0.2, 0.25) is 0 Å². The highest BCUT2D eigenvalue weighted by Gasteiger charge is 2.23. The van der Waals surface area contributed by atoms with Gasteiger partial charge in [-0.25, -0.2) is 0 Å². The summed E-state index contributed by atoms with van der Waals surface area (Å²) >= 11 is 0. The van der Waals surface area contributed by atoms with Crippen LogP contribution in [0.4, 0.5) is 0 Å². The SMILES string of the molecule is CCN1CCC(CCNC(=NC)N2CCC(Oc3ccccc3)CC2)CC1.I. The molecule has 2 saturated heterocycles. The van der Waals surface area contributed by atoms with E-state index in [-0.39, 0.29) is 24.0 Å². The van der Waals surface area contributed by atoms with Crippen molar-refractivity contribution >= 4 is 29.9 Å². The molecule has 0 aliphatic carbocycles. The summed E-state index contributed by atoms with van der Waals surface area (Å²) in [5, 5.41) is 3.60. The van der Waals surface area contributed by atoms with Crippen molar-refractivity contribution in [3.63, 3.8) is 0 Å². The lowest BCUT2D eigenvalue weighted by molar-refractivity contribution is 0.129. The number of likely N-dealkylation sites (tertiary alicyclic amines) is 2. The summed E-state index contributed by atoms with van der Waals surface area (Å²) < 4.78 is 6.10. The van der Waals surface area contributed by atoms with Crippen LogP contribution >= 0.6 is 24.0 Å². The van der Waals surface area contributed by atoms with Crippen LogP contribution in [-0.4, -0.2) is 68.2 Å². The van der Waals surface area contributed by atoms with Gasteiger partial charge in [0, 0.05) is 39.5 Å². The molecule has 1 aromatic rings. The van der Waals surface area contributed by atoms with Gasteiger partial charge in [-0.15, -0.1) is 24.0 Å². The molecule has 2 fully saturated rings. The van der Waals surface area contributed by atoms with Gasteiger partial charge in [-0.1, -0.05) is 25.1 Å². The van der Waals surface area contributed by atoms with Crippen molar-refractivity contribution in [3.8, 4) is 5.75 Å². The third-order valence-corrected chi connectivity index (χ3v) is 5.99. The van der Waals surface area contributed by atoms with Crippen molar-refractivity contribution in [1.29, 1.82) is 0 Å². The van der Waals surface area contributed by atoms with Crippen LogP contribution in [0.15, 0.2) is 35.3 Å². The first kappa shape index (κ1) is 23.3. The monoisotopic (exact) mass is 500 g/mol. The van der Waals surface area contributed by atoms with Crippen molar-refractivity contribution in [2.45, 2.75) is 45.1 Å². The van der Waals surface area contributed by atoms with Crippen LogP contribution in [0.5, 0.6) is 5.75 Å². The highest BCUT2D eigenvalue weighted by molar-refractivity contribution is 14.0. The van der Waals surface area contributed by atoms with E-state index in [0.29, 0.717) is 6.10 Å². The van der Waals surface area contributed by atoms with Crippen molar-refractivity contribution in [3.05, 3.63) is 30.3 Å². The average Bonchev–Trinajstić information content (AvgIpc) is 2.73. The zero-order chi connectivity index (χ0) is 18.9. The van der Waals surface area contributed by atoms with Crippen molar-refractivity contribution < 1.29 is 4.74 Å². The molecule has 0 spiro atoms. The van der Waals surface area contributed by atoms with Crippen LogP contribution in [0, 0.1) is 5.92 Å². The second-order valence-corrected chi connectivity index (χ2v) is 7.76. The molecular formula is C22H37IN4O. The Hall–Kier alpha value is -1.02. The summed E-state index contributed by atoms with van der Waals surface area (Å²) in [5.41, 5.74) is 0. The third kappa shape index (κ3) is 7.10. The summed E-state index contributed by atoms with van der Waals surface area (Å²) in [6, 6.07) is 10.2. The lowest BCUT2D eigenvalue weighted by atomic mass is 9.93. The second kappa shape index (κ2) is 12.5. The molecule has 5 nitrogen and oxygen atoms in total. The minimum absolute atomic E-state index is 0. The number of para-hydroxylation sites is 1. The smallest absolute Gasteiger partial charge is 0.193 e. The quantitative estimate of drug-likeness (QED) is 0.366. The van der Waals surface area contributed by atoms with Gasteiger partial charge in [-0.3, -0.25) is 4.99 Å². The van der Waals surface area contributed by atoms with Crippen LogP contribution < -0.4 is 10.1 Å². The predicted molar refractivity (Wildman–Crippen MR) is 128 cm³/mol. The molecule has 0 bridgehead atoms. The lowest BCUT2D eigenvalue weighted by Gasteiger charge is -2.35. The molecule has 6 heteroatoms. The molecule has 158 valence electrons. The molecule has 1 aromatic carbocycles. The second-order valence-electron chi connectivity index (χ2n) is 7.76. The van der Waals surface area contributed by atoms with Gasteiger partial charge in [0.25, 0.3) is 0 Å². The molecule has 2 aliphatic heterocycles. The van der Waals surface area contributed by atoms with Crippen molar-refractivity contribution in [2.75, 3.05) is 46.3 Å². The topological polar surface area (TPSA) is 40.1 Å². The number of benzene rings is 1. The Morgan fingerprint density at radius 3 is 2.36 bits per heavy atom. The highest BCUT2D eigenvalue weighted by Crippen LogP contribution is 2.20. The average molecular weight is 500 g/mol. The summed E-state index contributed by atoms with van der Waals surface area (Å²) in [4.78, 5) is 9.45. The molecule has 28 heavy (non-hydrogen) atoms. The predicted octanol–water partition coefficient (Wildman–Crippen LogP) is 3.85. The first-order valence-corrected chi connectivity index (χ1v) is 10.7. The molecule has 0 aromatic heterocycles. The molecule has 0 amide bonds. The number of ether oxygens (including phenoxy) is 1. The fourth-order valence-corrected chi connectivity index (χ4v) is 4.19. The first-order chi connectivity index (χ1) is 13.3. The minimum atomic E-state index is 0. The van der Waals surface area contributed by atoms with Gasteiger partial charge < -0.3 is 19.9 Å². The minimum Gasteiger partial charge on any atom is -0.490 e. The first-order valence-electron chi connectivity index (χ1n) is 10.7. The van der Waals surface area contributed by atoms with E-state index in [4.69, 9.17) is 4.74 Å². The van der Waals surface area contributed by atoms with Gasteiger partial charge in [0.15, 0.2) is 5.96 Å². The van der Waals surface area contributed by atoms with Gasteiger partial charge in [0.1, 0.15) is 11.9 Å². The van der Waals surface area contributed by atoms with Gasteiger partial charge in [-0.2, -0.15) is 0 Å².